The van der Waals surface area contributed by atoms with Crippen LogP contribution < -0.4 is 16.4 Å². The van der Waals surface area contributed by atoms with Crippen LogP contribution in [0.1, 0.15) is 6.92 Å². The predicted molar refractivity (Wildman–Crippen MR) is 67.7 cm³/mol. The Hall–Kier alpha value is -2.24. The molecule has 17 heavy (non-hydrogen) atoms. The van der Waals surface area contributed by atoms with E-state index in [9.17, 15) is 4.79 Å². The molecular formula is C11H15N5O. The summed E-state index contributed by atoms with van der Waals surface area (Å²) in [5.74, 6) is 0.504. The van der Waals surface area contributed by atoms with Crippen molar-refractivity contribution < 1.29 is 4.79 Å². The topological polar surface area (TPSA) is 95.8 Å². The molecule has 2 rings (SSSR count). The third-order valence-corrected chi connectivity index (χ3v) is 2.30. The molecule has 90 valence electrons. The molecule has 0 bridgehead atoms. The van der Waals surface area contributed by atoms with Crippen molar-refractivity contribution in [3.63, 3.8) is 0 Å². The quantitative estimate of drug-likeness (QED) is 0.584. The first-order chi connectivity index (χ1) is 8.19. The third kappa shape index (κ3) is 2.66. The van der Waals surface area contributed by atoms with Crippen molar-refractivity contribution in [2.24, 2.45) is 0 Å². The Morgan fingerprint density at radius 2 is 2.35 bits per heavy atom. The number of hydrogen-bond donors (Lipinski definition) is 4. The first-order valence-corrected chi connectivity index (χ1v) is 5.45. The van der Waals surface area contributed by atoms with E-state index >= 15 is 0 Å². The maximum atomic E-state index is 11.3. The van der Waals surface area contributed by atoms with Crippen molar-refractivity contribution in [1.82, 2.24) is 15.3 Å². The zero-order valence-corrected chi connectivity index (χ0v) is 9.58. The van der Waals surface area contributed by atoms with Crippen molar-refractivity contribution in [1.29, 1.82) is 0 Å². The summed E-state index contributed by atoms with van der Waals surface area (Å²) in [6.07, 6.45) is 0. The number of nitrogens with zero attached hydrogens (tertiary/aromatic N) is 1. The summed E-state index contributed by atoms with van der Waals surface area (Å²) in [4.78, 5) is 18.6. The second-order valence-electron chi connectivity index (χ2n) is 3.67. The van der Waals surface area contributed by atoms with E-state index in [-0.39, 0.29) is 12.5 Å². The molecule has 1 amide bonds. The molecule has 0 spiro atoms. The maximum absolute atomic E-state index is 11.3. The highest BCUT2D eigenvalue weighted by molar-refractivity contribution is 5.83. The number of carbonyl (C=O) groups excluding carboxylic acids is 1. The van der Waals surface area contributed by atoms with Crippen molar-refractivity contribution >= 4 is 28.6 Å². The van der Waals surface area contributed by atoms with Gasteiger partial charge in [0.1, 0.15) is 0 Å². The summed E-state index contributed by atoms with van der Waals surface area (Å²) in [7, 11) is 0. The van der Waals surface area contributed by atoms with Gasteiger partial charge in [0, 0.05) is 12.2 Å². The second kappa shape index (κ2) is 4.73. The molecule has 0 aliphatic carbocycles. The number of anilines is 2. The predicted octanol–water partition coefficient (Wildman–Crippen LogP) is 0.693. The fourth-order valence-electron chi connectivity index (χ4n) is 1.53. The van der Waals surface area contributed by atoms with Gasteiger partial charge in [0.15, 0.2) is 0 Å². The maximum Gasteiger partial charge on any atom is 0.239 e. The lowest BCUT2D eigenvalue weighted by molar-refractivity contribution is -0.119. The first kappa shape index (κ1) is 11.3. The SMILES string of the molecule is CCNC(=O)CNc1nc2ccc(N)cc2[nH]1. The van der Waals surface area contributed by atoms with Gasteiger partial charge < -0.3 is 21.4 Å². The Balaban J connectivity index is 2.07. The van der Waals surface area contributed by atoms with E-state index in [0.717, 1.165) is 11.0 Å². The van der Waals surface area contributed by atoms with Gasteiger partial charge in [0.2, 0.25) is 11.9 Å². The van der Waals surface area contributed by atoms with Gasteiger partial charge in [0.25, 0.3) is 0 Å². The number of rotatable bonds is 4. The highest BCUT2D eigenvalue weighted by atomic mass is 16.1. The van der Waals surface area contributed by atoms with Crippen molar-refractivity contribution in [3.05, 3.63) is 18.2 Å². The molecule has 0 radical (unpaired) electrons. The van der Waals surface area contributed by atoms with Gasteiger partial charge in [-0.3, -0.25) is 4.79 Å². The van der Waals surface area contributed by atoms with E-state index in [1.165, 1.54) is 0 Å². The van der Waals surface area contributed by atoms with Crippen LogP contribution in [-0.4, -0.2) is 29.0 Å². The number of carbonyl (C=O) groups is 1. The van der Waals surface area contributed by atoms with Crippen molar-refractivity contribution in [2.75, 3.05) is 24.1 Å². The van der Waals surface area contributed by atoms with E-state index in [0.29, 0.717) is 18.2 Å². The monoisotopic (exact) mass is 233 g/mol. The van der Waals surface area contributed by atoms with Crippen LogP contribution in [0.15, 0.2) is 18.2 Å². The number of likely N-dealkylation sites (N-methyl/N-ethyl adjacent to an activating group) is 1. The smallest absolute Gasteiger partial charge is 0.239 e. The van der Waals surface area contributed by atoms with Gasteiger partial charge in [-0.15, -0.1) is 0 Å². The minimum absolute atomic E-state index is 0.0625. The molecule has 2 aromatic rings. The highest BCUT2D eigenvalue weighted by Gasteiger charge is 2.04. The molecule has 0 unspecified atom stereocenters. The molecule has 0 fully saturated rings. The molecule has 1 aromatic carbocycles. The lowest BCUT2D eigenvalue weighted by Gasteiger charge is -2.02. The second-order valence-corrected chi connectivity index (χ2v) is 3.67. The van der Waals surface area contributed by atoms with Gasteiger partial charge in [-0.2, -0.15) is 0 Å². The summed E-state index contributed by atoms with van der Waals surface area (Å²) in [5.41, 5.74) is 8.01. The minimum atomic E-state index is -0.0625. The van der Waals surface area contributed by atoms with Crippen LogP contribution in [0.3, 0.4) is 0 Å². The van der Waals surface area contributed by atoms with Crippen LogP contribution in [0.2, 0.25) is 0 Å². The van der Waals surface area contributed by atoms with Crippen LogP contribution >= 0.6 is 0 Å². The Labute approximate surface area is 98.6 Å². The third-order valence-electron chi connectivity index (χ3n) is 2.30. The van der Waals surface area contributed by atoms with Crippen LogP contribution in [0, 0.1) is 0 Å². The number of nitrogens with one attached hydrogen (secondary N) is 3. The summed E-state index contributed by atoms with van der Waals surface area (Å²) in [6.45, 7) is 2.70. The van der Waals surface area contributed by atoms with Gasteiger partial charge in [-0.05, 0) is 25.1 Å². The molecule has 0 atom stereocenters. The standard InChI is InChI=1S/C11H15N5O/c1-2-13-10(17)6-14-11-15-8-4-3-7(12)5-9(8)16-11/h3-5H,2,6,12H2,1H3,(H,13,17)(H2,14,15,16). The molecule has 6 heteroatoms. The minimum Gasteiger partial charge on any atom is -0.399 e. The van der Waals surface area contributed by atoms with E-state index in [2.05, 4.69) is 20.6 Å². The number of nitrogens with two attached hydrogens (primary N) is 1. The number of aromatic nitrogens is 2. The lowest BCUT2D eigenvalue weighted by Crippen LogP contribution is -2.29. The van der Waals surface area contributed by atoms with Gasteiger partial charge >= 0.3 is 0 Å². The van der Waals surface area contributed by atoms with E-state index in [1.54, 1.807) is 12.1 Å². The fourth-order valence-corrected chi connectivity index (χ4v) is 1.53. The fraction of sp³-hybridized carbons (Fsp3) is 0.273. The molecule has 5 N–H and O–H groups in total. The molecule has 0 saturated heterocycles. The normalized spacial score (nSPS) is 10.4. The van der Waals surface area contributed by atoms with Gasteiger partial charge in [0.05, 0.1) is 17.6 Å². The van der Waals surface area contributed by atoms with Gasteiger partial charge in [-0.25, -0.2) is 4.98 Å². The number of benzene rings is 1. The average Bonchev–Trinajstić information content (AvgIpc) is 2.68. The van der Waals surface area contributed by atoms with Crippen LogP contribution in [0.25, 0.3) is 11.0 Å². The Morgan fingerprint density at radius 3 is 3.12 bits per heavy atom. The van der Waals surface area contributed by atoms with E-state index in [1.807, 2.05) is 13.0 Å². The number of H-pyrrole nitrogens is 1. The number of amides is 1. The summed E-state index contributed by atoms with van der Waals surface area (Å²) >= 11 is 0. The molecule has 1 heterocycles. The number of hydrogen-bond acceptors (Lipinski definition) is 4. The Bertz CT molecular complexity index is 534. The molecule has 0 aliphatic heterocycles. The van der Waals surface area contributed by atoms with Crippen LogP contribution in [0.4, 0.5) is 11.6 Å². The van der Waals surface area contributed by atoms with Crippen molar-refractivity contribution in [3.8, 4) is 0 Å². The molecule has 1 aromatic heterocycles. The molecule has 0 saturated carbocycles. The zero-order chi connectivity index (χ0) is 12.3. The molecule has 6 nitrogen and oxygen atoms in total. The number of aromatic amines is 1. The lowest BCUT2D eigenvalue weighted by atomic mass is 10.3. The van der Waals surface area contributed by atoms with E-state index in [4.69, 9.17) is 5.73 Å². The number of imidazole rings is 1. The Morgan fingerprint density at radius 1 is 1.53 bits per heavy atom. The van der Waals surface area contributed by atoms with Crippen LogP contribution in [0.5, 0.6) is 0 Å². The highest BCUT2D eigenvalue weighted by Crippen LogP contribution is 2.16. The molecule has 0 aliphatic rings. The van der Waals surface area contributed by atoms with Crippen LogP contribution in [-0.2, 0) is 4.79 Å². The first-order valence-electron chi connectivity index (χ1n) is 5.45. The number of fused-ring (bicyclic) bond motifs is 1. The Kier molecular flexibility index (Phi) is 3.13. The average molecular weight is 233 g/mol. The van der Waals surface area contributed by atoms with Gasteiger partial charge in [-0.1, -0.05) is 0 Å². The summed E-state index contributed by atoms with van der Waals surface area (Å²) in [6, 6.07) is 5.43. The number of nitrogen functional groups attached to an aromatic ring is 1. The summed E-state index contributed by atoms with van der Waals surface area (Å²) in [5, 5.41) is 5.61. The largest absolute Gasteiger partial charge is 0.399 e. The van der Waals surface area contributed by atoms with E-state index < -0.39 is 0 Å². The summed E-state index contributed by atoms with van der Waals surface area (Å²) < 4.78 is 0. The zero-order valence-electron chi connectivity index (χ0n) is 9.58. The molecular weight excluding hydrogens is 218 g/mol. The van der Waals surface area contributed by atoms with Crippen molar-refractivity contribution in [2.45, 2.75) is 6.92 Å².